The number of nitrogens with zero attached hydrogens (tertiary/aromatic N) is 3. The molecule has 154 valence electrons. The summed E-state index contributed by atoms with van der Waals surface area (Å²) in [6.45, 7) is 4.57. The van der Waals surface area contributed by atoms with Crippen LogP contribution in [0.2, 0.25) is 0 Å². The monoisotopic (exact) mass is 389 g/mol. The number of para-hydroxylation sites is 1. The molecule has 0 radical (unpaired) electrons. The smallest absolute Gasteiger partial charge is 0.224 e. The predicted octanol–water partition coefficient (Wildman–Crippen LogP) is 3.44. The zero-order valence-electron chi connectivity index (χ0n) is 16.9. The van der Waals surface area contributed by atoms with E-state index in [1.54, 1.807) is 19.1 Å². The lowest BCUT2D eigenvalue weighted by molar-refractivity contribution is -0.135. The number of hydrogen-bond donors (Lipinski definition) is 0. The highest BCUT2D eigenvalue weighted by Gasteiger charge is 2.26. The van der Waals surface area contributed by atoms with E-state index < -0.39 is 0 Å². The number of amides is 2. The van der Waals surface area contributed by atoms with Crippen LogP contribution in [0.25, 0.3) is 0 Å². The minimum Gasteiger partial charge on any atom is -0.366 e. The van der Waals surface area contributed by atoms with Crippen LogP contribution in [0.1, 0.15) is 51.9 Å². The zero-order chi connectivity index (χ0) is 19.9. The number of anilines is 1. The largest absolute Gasteiger partial charge is 0.366 e. The molecule has 2 amide bonds. The Hall–Kier alpha value is -2.11. The molecule has 1 saturated heterocycles. The fourth-order valence-electron chi connectivity index (χ4n) is 4.45. The Balaban J connectivity index is 1.49. The van der Waals surface area contributed by atoms with Crippen molar-refractivity contribution in [2.45, 2.75) is 57.9 Å². The van der Waals surface area contributed by atoms with Crippen LogP contribution in [0.5, 0.6) is 0 Å². The van der Waals surface area contributed by atoms with E-state index in [4.69, 9.17) is 0 Å². The molecule has 1 aliphatic carbocycles. The first-order chi connectivity index (χ1) is 13.6. The zero-order valence-corrected chi connectivity index (χ0v) is 16.9. The molecule has 3 rings (SSSR count). The maximum Gasteiger partial charge on any atom is 0.224 e. The highest BCUT2D eigenvalue weighted by Crippen LogP contribution is 2.23. The third-order valence-corrected chi connectivity index (χ3v) is 6.06. The maximum atomic E-state index is 14.0. The van der Waals surface area contributed by atoms with Gasteiger partial charge in [-0.3, -0.25) is 9.59 Å². The van der Waals surface area contributed by atoms with Gasteiger partial charge in [0.1, 0.15) is 5.82 Å². The van der Waals surface area contributed by atoms with E-state index in [2.05, 4.69) is 0 Å². The van der Waals surface area contributed by atoms with Crippen molar-refractivity contribution < 1.29 is 14.0 Å². The average Bonchev–Trinajstić information content (AvgIpc) is 2.98. The van der Waals surface area contributed by atoms with Crippen LogP contribution in [0.15, 0.2) is 24.3 Å². The SMILES string of the molecule is CC(=O)N(CCC(=O)N1CCN(c2ccccc2F)CC1)C1CCCCCC1. The van der Waals surface area contributed by atoms with Gasteiger partial charge in [-0.15, -0.1) is 0 Å². The summed E-state index contributed by atoms with van der Waals surface area (Å²) in [7, 11) is 0. The predicted molar refractivity (Wildman–Crippen MR) is 109 cm³/mol. The van der Waals surface area contributed by atoms with E-state index in [1.807, 2.05) is 20.8 Å². The molecule has 0 unspecified atom stereocenters. The molecule has 2 aliphatic rings. The molecule has 0 atom stereocenters. The molecule has 0 aromatic heterocycles. The van der Waals surface area contributed by atoms with Gasteiger partial charge in [-0.05, 0) is 25.0 Å². The minimum atomic E-state index is -0.220. The summed E-state index contributed by atoms with van der Waals surface area (Å²) in [5, 5.41) is 0. The number of piperazine rings is 1. The summed E-state index contributed by atoms with van der Waals surface area (Å²) in [5.41, 5.74) is 0.603. The number of halogens is 1. The second-order valence-corrected chi connectivity index (χ2v) is 7.93. The van der Waals surface area contributed by atoms with Gasteiger partial charge in [0.25, 0.3) is 0 Å². The summed E-state index contributed by atoms with van der Waals surface area (Å²) in [6.07, 6.45) is 7.29. The van der Waals surface area contributed by atoms with Gasteiger partial charge in [-0.2, -0.15) is 0 Å². The number of benzene rings is 1. The van der Waals surface area contributed by atoms with E-state index in [-0.39, 0.29) is 23.7 Å². The lowest BCUT2D eigenvalue weighted by Gasteiger charge is -2.37. The second kappa shape index (κ2) is 9.89. The first kappa shape index (κ1) is 20.6. The normalized spacial score (nSPS) is 18.6. The van der Waals surface area contributed by atoms with E-state index in [0.717, 1.165) is 12.8 Å². The topological polar surface area (TPSA) is 43.9 Å². The molecule has 28 heavy (non-hydrogen) atoms. The Morgan fingerprint density at radius 3 is 2.29 bits per heavy atom. The quantitative estimate of drug-likeness (QED) is 0.725. The highest BCUT2D eigenvalue weighted by molar-refractivity contribution is 5.78. The Morgan fingerprint density at radius 1 is 1.04 bits per heavy atom. The molecule has 0 spiro atoms. The molecule has 1 saturated carbocycles. The van der Waals surface area contributed by atoms with Crippen molar-refractivity contribution in [3.8, 4) is 0 Å². The molecule has 0 bridgehead atoms. The molecule has 6 heteroatoms. The van der Waals surface area contributed by atoms with E-state index >= 15 is 0 Å². The van der Waals surface area contributed by atoms with Gasteiger partial charge in [0.05, 0.1) is 5.69 Å². The number of hydrogen-bond acceptors (Lipinski definition) is 3. The standard InChI is InChI=1S/C22H32FN3O2/c1-18(27)26(19-8-4-2-3-5-9-19)13-12-22(28)25-16-14-24(15-17-25)21-11-7-6-10-20(21)23/h6-7,10-11,19H,2-5,8-9,12-17H2,1H3. The van der Waals surface area contributed by atoms with Crippen molar-refractivity contribution >= 4 is 17.5 Å². The van der Waals surface area contributed by atoms with Crippen LogP contribution in [0.4, 0.5) is 10.1 Å². The van der Waals surface area contributed by atoms with Crippen molar-refractivity contribution in [1.29, 1.82) is 0 Å². The Morgan fingerprint density at radius 2 is 1.68 bits per heavy atom. The maximum absolute atomic E-state index is 14.0. The van der Waals surface area contributed by atoms with Gasteiger partial charge in [-0.25, -0.2) is 4.39 Å². The van der Waals surface area contributed by atoms with Crippen molar-refractivity contribution in [1.82, 2.24) is 9.80 Å². The summed E-state index contributed by atoms with van der Waals surface area (Å²) in [5.74, 6) is -0.0556. The number of carbonyl (C=O) groups excluding carboxylic acids is 2. The van der Waals surface area contributed by atoms with Gasteiger partial charge < -0.3 is 14.7 Å². The molecular formula is C22H32FN3O2. The van der Waals surface area contributed by atoms with Crippen LogP contribution >= 0.6 is 0 Å². The molecule has 5 nitrogen and oxygen atoms in total. The molecule has 0 N–H and O–H groups in total. The first-order valence-corrected chi connectivity index (χ1v) is 10.6. The Kier molecular flexibility index (Phi) is 7.29. The van der Waals surface area contributed by atoms with Crippen LogP contribution in [-0.4, -0.2) is 60.4 Å². The molecule has 1 aliphatic heterocycles. The fourth-order valence-corrected chi connectivity index (χ4v) is 4.45. The second-order valence-electron chi connectivity index (χ2n) is 7.93. The highest BCUT2D eigenvalue weighted by atomic mass is 19.1. The average molecular weight is 390 g/mol. The molecule has 1 heterocycles. The minimum absolute atomic E-state index is 0.0732. The molecule has 1 aromatic rings. The number of rotatable bonds is 5. The van der Waals surface area contributed by atoms with Gasteiger partial charge in [0, 0.05) is 52.1 Å². The van der Waals surface area contributed by atoms with Crippen LogP contribution in [0.3, 0.4) is 0 Å². The Labute approximate surface area is 167 Å². The van der Waals surface area contributed by atoms with E-state index in [0.29, 0.717) is 44.8 Å². The van der Waals surface area contributed by atoms with Gasteiger partial charge >= 0.3 is 0 Å². The molecule has 2 fully saturated rings. The summed E-state index contributed by atoms with van der Waals surface area (Å²) in [6, 6.07) is 7.06. The van der Waals surface area contributed by atoms with Crippen LogP contribution in [0, 0.1) is 5.82 Å². The third kappa shape index (κ3) is 5.24. The van der Waals surface area contributed by atoms with Crippen molar-refractivity contribution in [2.24, 2.45) is 0 Å². The lowest BCUT2D eigenvalue weighted by Crippen LogP contribution is -2.50. The van der Waals surface area contributed by atoms with Crippen LogP contribution in [-0.2, 0) is 9.59 Å². The first-order valence-electron chi connectivity index (χ1n) is 10.6. The van der Waals surface area contributed by atoms with E-state index in [9.17, 15) is 14.0 Å². The number of carbonyl (C=O) groups is 2. The third-order valence-electron chi connectivity index (χ3n) is 6.06. The van der Waals surface area contributed by atoms with Gasteiger partial charge in [0.15, 0.2) is 0 Å². The van der Waals surface area contributed by atoms with Crippen molar-refractivity contribution in [2.75, 3.05) is 37.6 Å². The Bertz CT molecular complexity index is 666. The fraction of sp³-hybridized carbons (Fsp3) is 0.636. The van der Waals surface area contributed by atoms with Gasteiger partial charge in [0.2, 0.25) is 11.8 Å². The van der Waals surface area contributed by atoms with Crippen molar-refractivity contribution in [3.63, 3.8) is 0 Å². The summed E-state index contributed by atoms with van der Waals surface area (Å²) in [4.78, 5) is 30.6. The van der Waals surface area contributed by atoms with Gasteiger partial charge in [-0.1, -0.05) is 37.8 Å². The summed E-state index contributed by atoms with van der Waals surface area (Å²) < 4.78 is 14.0. The lowest BCUT2D eigenvalue weighted by atomic mass is 10.1. The molecular weight excluding hydrogens is 357 g/mol. The van der Waals surface area contributed by atoms with Crippen molar-refractivity contribution in [3.05, 3.63) is 30.1 Å². The molecule has 1 aromatic carbocycles. The van der Waals surface area contributed by atoms with Crippen LogP contribution < -0.4 is 4.90 Å². The summed E-state index contributed by atoms with van der Waals surface area (Å²) >= 11 is 0. The van der Waals surface area contributed by atoms with E-state index in [1.165, 1.54) is 31.7 Å².